The molecule has 1 heterocycles. The number of ether oxygens (including phenoxy) is 1. The Balaban J connectivity index is 1.79. The molecule has 9 heteroatoms. The van der Waals surface area contributed by atoms with Gasteiger partial charge in [-0.25, -0.2) is 4.39 Å². The molecule has 2 fully saturated rings. The molecule has 7 nitrogen and oxygen atoms in total. The van der Waals surface area contributed by atoms with Crippen molar-refractivity contribution in [1.82, 2.24) is 4.90 Å². The summed E-state index contributed by atoms with van der Waals surface area (Å²) < 4.78 is 18.8. The van der Waals surface area contributed by atoms with E-state index in [1.54, 1.807) is 31.2 Å². The SMILES string of the molecule is CCOC(=O)C1C2C(=O)N([CH2][Pb])C(=O)C12c1cc(C=N)c(Nc2ccc(F)cc2)cc1C. The van der Waals surface area contributed by atoms with E-state index in [2.05, 4.69) is 5.32 Å². The summed E-state index contributed by atoms with van der Waals surface area (Å²) in [4.78, 5) is 40.2. The average molecular weight is 630 g/mol. The van der Waals surface area contributed by atoms with Gasteiger partial charge in [0, 0.05) is 0 Å². The van der Waals surface area contributed by atoms with Crippen molar-refractivity contribution in [1.29, 1.82) is 5.41 Å². The van der Waals surface area contributed by atoms with Crippen LogP contribution in [0.1, 0.15) is 23.6 Å². The zero-order chi connectivity index (χ0) is 23.2. The Morgan fingerprint density at radius 1 is 1.31 bits per heavy atom. The van der Waals surface area contributed by atoms with Gasteiger partial charge in [0.15, 0.2) is 0 Å². The van der Waals surface area contributed by atoms with Crippen LogP contribution in [0.4, 0.5) is 15.8 Å². The molecule has 2 aromatic carbocycles. The van der Waals surface area contributed by atoms with Crippen LogP contribution in [-0.4, -0.2) is 65.4 Å². The molecule has 2 N–H and O–H groups in total. The molecule has 0 spiro atoms. The van der Waals surface area contributed by atoms with Crippen molar-refractivity contribution in [3.05, 3.63) is 58.9 Å². The minimum atomic E-state index is -1.27. The van der Waals surface area contributed by atoms with Crippen LogP contribution in [0.2, 0.25) is 0 Å². The van der Waals surface area contributed by atoms with Gasteiger partial charge in [-0.1, -0.05) is 0 Å². The van der Waals surface area contributed by atoms with Crippen LogP contribution in [0.25, 0.3) is 0 Å². The van der Waals surface area contributed by atoms with Gasteiger partial charge in [0.1, 0.15) is 5.82 Å². The van der Waals surface area contributed by atoms with E-state index in [0.717, 1.165) is 6.21 Å². The van der Waals surface area contributed by atoms with Crippen molar-refractivity contribution in [3.63, 3.8) is 0 Å². The molecule has 1 aliphatic heterocycles. The summed E-state index contributed by atoms with van der Waals surface area (Å²) in [6.07, 6.45) is 1.15. The number of hydrogen-bond acceptors (Lipinski definition) is 6. The van der Waals surface area contributed by atoms with Gasteiger partial charge in [-0.3, -0.25) is 0 Å². The standard InChI is InChI=1S/C23H21FN3O4.Pb/c1-4-31-21(29)19-18-20(28)27(3)22(30)23(18,19)16-10-13(11-25)17(9-12(16)2)26-15-7-5-14(24)6-8-15;/h5-11,18-19,25-26H,3-4H2,1-2H3;. The number of carbonyl (C=O) groups is 3. The quantitative estimate of drug-likeness (QED) is 0.212. The van der Waals surface area contributed by atoms with Gasteiger partial charge in [0.25, 0.3) is 0 Å². The predicted octanol–water partition coefficient (Wildman–Crippen LogP) is 2.42. The zero-order valence-corrected chi connectivity index (χ0v) is 21.5. The normalized spacial score (nSPS) is 23.7. The molecule has 1 saturated carbocycles. The monoisotopic (exact) mass is 630 g/mol. The number of nitrogens with one attached hydrogen (secondary N) is 2. The van der Waals surface area contributed by atoms with E-state index >= 15 is 0 Å². The molecule has 2 aliphatic rings. The van der Waals surface area contributed by atoms with Crippen LogP contribution in [-0.2, 0) is 24.5 Å². The molecule has 0 bridgehead atoms. The Labute approximate surface area is 200 Å². The summed E-state index contributed by atoms with van der Waals surface area (Å²) in [5, 5.41) is 11.1. The van der Waals surface area contributed by atoms with E-state index < -0.39 is 23.2 Å². The van der Waals surface area contributed by atoms with Crippen LogP contribution in [0.5, 0.6) is 0 Å². The van der Waals surface area contributed by atoms with E-state index in [4.69, 9.17) is 10.1 Å². The molecule has 2 aromatic rings. The first kappa shape index (κ1) is 22.6. The average Bonchev–Trinajstić information content (AvgIpc) is 3.41. The number of fused-ring (bicyclic) bond motifs is 1. The maximum absolute atomic E-state index is 13.4. The van der Waals surface area contributed by atoms with Crippen molar-refractivity contribution in [3.8, 4) is 0 Å². The maximum atomic E-state index is 13.4. The summed E-state index contributed by atoms with van der Waals surface area (Å²) >= 11 is 0.637. The Hall–Kier alpha value is -2.63. The fourth-order valence-electron chi connectivity index (χ4n) is 4.72. The second-order valence-electron chi connectivity index (χ2n) is 7.84. The third-order valence-electron chi connectivity index (χ3n) is 6.16. The molecule has 3 unspecified atom stereocenters. The second-order valence-corrected chi connectivity index (χ2v) is 9.07. The molecule has 1 aliphatic carbocycles. The van der Waals surface area contributed by atoms with Crippen molar-refractivity contribution in [2.24, 2.45) is 11.8 Å². The van der Waals surface area contributed by atoms with Crippen LogP contribution < -0.4 is 5.32 Å². The van der Waals surface area contributed by atoms with Crippen LogP contribution in [0, 0.1) is 30.0 Å². The number of benzene rings is 2. The number of likely N-dealkylation sites (tertiary alicyclic amines) is 1. The van der Waals surface area contributed by atoms with Crippen LogP contribution in [0.15, 0.2) is 36.4 Å². The number of halogens is 1. The summed E-state index contributed by atoms with van der Waals surface area (Å²) in [6, 6.07) is 9.31. The third kappa shape index (κ3) is 3.26. The predicted molar refractivity (Wildman–Crippen MR) is 117 cm³/mol. The third-order valence-corrected chi connectivity index (χ3v) is 7.39. The van der Waals surface area contributed by atoms with Crippen LogP contribution >= 0.6 is 0 Å². The molecular formula is C23H21FN3O4Pb. The topological polar surface area (TPSA) is 99.6 Å². The fourth-order valence-corrected chi connectivity index (χ4v) is 5.89. The number of anilines is 2. The Morgan fingerprint density at radius 2 is 2.00 bits per heavy atom. The number of esters is 1. The van der Waals surface area contributed by atoms with Crippen molar-refractivity contribution in [2.45, 2.75) is 19.3 Å². The molecule has 4 rings (SSSR count). The van der Waals surface area contributed by atoms with Gasteiger partial charge in [0.05, 0.1) is 0 Å². The molecular weight excluding hydrogens is 608 g/mol. The van der Waals surface area contributed by atoms with E-state index in [1.807, 2.05) is 6.92 Å². The van der Waals surface area contributed by atoms with E-state index in [-0.39, 0.29) is 24.2 Å². The molecule has 0 aromatic heterocycles. The summed E-state index contributed by atoms with van der Waals surface area (Å²) in [5.74, 6) is -3.20. The Morgan fingerprint density at radius 3 is 2.59 bits per heavy atom. The molecule has 163 valence electrons. The minimum absolute atomic E-state index is 0.163. The summed E-state index contributed by atoms with van der Waals surface area (Å²) in [5.41, 5.74) is 1.74. The number of aryl methyl sites for hydroxylation is 1. The first-order valence-corrected chi connectivity index (χ1v) is 12.9. The zero-order valence-electron chi connectivity index (χ0n) is 17.6. The van der Waals surface area contributed by atoms with Crippen molar-refractivity contribution in [2.75, 3.05) is 16.0 Å². The Bertz CT molecular complexity index is 1130. The first-order valence-electron chi connectivity index (χ1n) is 10.2. The number of hydrogen-bond donors (Lipinski definition) is 2. The number of nitrogens with zero attached hydrogens (tertiary/aromatic N) is 1. The molecule has 32 heavy (non-hydrogen) atoms. The summed E-state index contributed by atoms with van der Waals surface area (Å²) in [7, 11) is 0. The van der Waals surface area contributed by atoms with Gasteiger partial charge < -0.3 is 0 Å². The van der Waals surface area contributed by atoms with Crippen molar-refractivity contribution >= 4 is 61.1 Å². The second kappa shape index (κ2) is 8.38. The number of rotatable bonds is 7. The fraction of sp³-hybridized carbons (Fsp3) is 0.304. The first-order chi connectivity index (χ1) is 15.3. The number of amides is 2. The van der Waals surface area contributed by atoms with E-state index in [0.29, 0.717) is 57.9 Å². The van der Waals surface area contributed by atoms with E-state index in [9.17, 15) is 18.8 Å². The molecule has 3 atom stereocenters. The molecule has 1 saturated heterocycles. The number of piperidine rings is 1. The number of carbonyl (C=O) groups excluding carboxylic acids is 3. The summed E-state index contributed by atoms with van der Waals surface area (Å²) in [6.45, 7) is 3.66. The molecule has 2 amide bonds. The van der Waals surface area contributed by atoms with Gasteiger partial charge >= 0.3 is 191 Å². The van der Waals surface area contributed by atoms with Gasteiger partial charge in [0.2, 0.25) is 0 Å². The van der Waals surface area contributed by atoms with Gasteiger partial charge in [-0.15, -0.1) is 0 Å². The van der Waals surface area contributed by atoms with Gasteiger partial charge in [-0.2, -0.15) is 0 Å². The van der Waals surface area contributed by atoms with Gasteiger partial charge in [-0.05, 0) is 0 Å². The van der Waals surface area contributed by atoms with Crippen LogP contribution in [0.3, 0.4) is 0 Å². The number of imide groups is 1. The Kier molecular flexibility index (Phi) is 5.91. The van der Waals surface area contributed by atoms with Crippen molar-refractivity contribution < 1.29 is 23.5 Å². The van der Waals surface area contributed by atoms with E-state index in [1.165, 1.54) is 17.0 Å². The molecule has 3 radical (unpaired) electrons.